The van der Waals surface area contributed by atoms with Gasteiger partial charge >= 0.3 is 5.97 Å². The third-order valence-corrected chi connectivity index (χ3v) is 5.19. The second kappa shape index (κ2) is 10.7. The number of hydrogen-bond acceptors (Lipinski definition) is 3. The highest BCUT2D eigenvalue weighted by Gasteiger charge is 2.27. The average molecular weight is 430 g/mol. The molecule has 0 bridgehead atoms. The highest BCUT2D eigenvalue weighted by Crippen LogP contribution is 2.19. The van der Waals surface area contributed by atoms with E-state index in [0.29, 0.717) is 17.7 Å². The minimum atomic E-state index is -0.983. The summed E-state index contributed by atoms with van der Waals surface area (Å²) >= 11 is 0. The molecule has 0 spiro atoms. The number of rotatable bonds is 7. The van der Waals surface area contributed by atoms with Crippen LogP contribution < -0.4 is 5.32 Å². The minimum Gasteiger partial charge on any atom is -0.460 e. The summed E-state index contributed by atoms with van der Waals surface area (Å²) in [5.41, 5.74) is 2.26. The number of hydrogen-bond donors (Lipinski definition) is 1. The molecule has 3 rings (SSSR count). The Morgan fingerprint density at radius 2 is 1.69 bits per heavy atom. The van der Waals surface area contributed by atoms with Crippen molar-refractivity contribution in [2.24, 2.45) is 5.41 Å². The monoisotopic (exact) mass is 429 g/mol. The molecular formula is C28H28FNO2. The van der Waals surface area contributed by atoms with Crippen molar-refractivity contribution in [2.45, 2.75) is 40.0 Å². The van der Waals surface area contributed by atoms with Crippen LogP contribution in [0.2, 0.25) is 0 Å². The molecule has 0 fully saturated rings. The van der Waals surface area contributed by atoms with Gasteiger partial charge in [0, 0.05) is 23.7 Å². The van der Waals surface area contributed by atoms with E-state index in [1.165, 1.54) is 6.07 Å². The molecule has 0 aromatic heterocycles. The third kappa shape index (κ3) is 6.54. The Labute approximate surface area is 189 Å². The molecule has 1 atom stereocenters. The summed E-state index contributed by atoms with van der Waals surface area (Å²) in [7, 11) is 0. The predicted octanol–water partition coefficient (Wildman–Crippen LogP) is 5.80. The zero-order valence-corrected chi connectivity index (χ0v) is 18.7. The van der Waals surface area contributed by atoms with Crippen LogP contribution in [-0.4, -0.2) is 5.97 Å². The van der Waals surface area contributed by atoms with Gasteiger partial charge in [0.2, 0.25) is 0 Å². The second-order valence-corrected chi connectivity index (χ2v) is 8.26. The van der Waals surface area contributed by atoms with Crippen LogP contribution in [0.15, 0.2) is 78.9 Å². The molecule has 0 saturated carbocycles. The first-order valence-corrected chi connectivity index (χ1v) is 10.7. The Balaban J connectivity index is 1.64. The summed E-state index contributed by atoms with van der Waals surface area (Å²) in [5, 5.41) is 3.34. The van der Waals surface area contributed by atoms with E-state index in [1.807, 2.05) is 67.6 Å². The first kappa shape index (κ1) is 23.2. The van der Waals surface area contributed by atoms with Crippen LogP contribution in [0.3, 0.4) is 0 Å². The summed E-state index contributed by atoms with van der Waals surface area (Å²) in [6.07, 6.45) is 0. The minimum absolute atomic E-state index is 0.0867. The quantitative estimate of drug-likeness (QED) is 0.381. The molecule has 3 aromatic rings. The Bertz CT molecular complexity index is 1100. The predicted molar refractivity (Wildman–Crippen MR) is 125 cm³/mol. The zero-order chi connectivity index (χ0) is 23.0. The molecule has 0 heterocycles. The zero-order valence-electron chi connectivity index (χ0n) is 18.7. The Kier molecular flexibility index (Phi) is 7.81. The van der Waals surface area contributed by atoms with Gasteiger partial charge in [-0.05, 0) is 50.1 Å². The number of carbonyl (C=O) groups is 1. The molecule has 164 valence electrons. The number of benzene rings is 3. The fourth-order valence-corrected chi connectivity index (χ4v) is 3.09. The van der Waals surface area contributed by atoms with Gasteiger partial charge in [-0.1, -0.05) is 72.5 Å². The maximum absolute atomic E-state index is 14.3. The van der Waals surface area contributed by atoms with Gasteiger partial charge in [0.15, 0.2) is 0 Å². The Hall–Kier alpha value is -3.42. The lowest BCUT2D eigenvalue weighted by Gasteiger charge is -2.16. The topological polar surface area (TPSA) is 38.3 Å². The van der Waals surface area contributed by atoms with E-state index >= 15 is 0 Å². The smallest absolute Gasteiger partial charge is 0.324 e. The van der Waals surface area contributed by atoms with Crippen molar-refractivity contribution >= 4 is 5.97 Å². The van der Waals surface area contributed by atoms with Crippen LogP contribution in [0.4, 0.5) is 4.39 Å². The fraction of sp³-hybridized carbons (Fsp3) is 0.250. The number of nitrogens with one attached hydrogen (secondary N) is 1. The molecule has 0 amide bonds. The highest BCUT2D eigenvalue weighted by atomic mass is 19.1. The molecule has 0 unspecified atom stereocenters. The van der Waals surface area contributed by atoms with Gasteiger partial charge < -0.3 is 10.1 Å². The maximum atomic E-state index is 14.3. The summed E-state index contributed by atoms with van der Waals surface area (Å²) < 4.78 is 19.7. The van der Waals surface area contributed by atoms with E-state index in [-0.39, 0.29) is 18.5 Å². The van der Waals surface area contributed by atoms with Crippen molar-refractivity contribution in [3.63, 3.8) is 0 Å². The van der Waals surface area contributed by atoms with Gasteiger partial charge in [0.1, 0.15) is 17.8 Å². The average Bonchev–Trinajstić information content (AvgIpc) is 2.82. The van der Waals surface area contributed by atoms with Crippen molar-refractivity contribution in [3.05, 3.63) is 107 Å². The lowest BCUT2D eigenvalue weighted by Crippen LogP contribution is -2.24. The lowest BCUT2D eigenvalue weighted by atomic mass is 9.94. The molecule has 3 nitrogen and oxygen atoms in total. The first-order valence-electron chi connectivity index (χ1n) is 10.7. The van der Waals surface area contributed by atoms with E-state index in [1.54, 1.807) is 26.0 Å². The normalized spacial score (nSPS) is 11.9. The van der Waals surface area contributed by atoms with Crippen LogP contribution in [0.5, 0.6) is 0 Å². The third-order valence-electron chi connectivity index (χ3n) is 5.19. The van der Waals surface area contributed by atoms with Crippen molar-refractivity contribution in [1.29, 1.82) is 0 Å². The first-order chi connectivity index (χ1) is 15.3. The molecule has 0 aliphatic carbocycles. The van der Waals surface area contributed by atoms with Crippen LogP contribution in [0.25, 0.3) is 0 Å². The summed E-state index contributed by atoms with van der Waals surface area (Å²) in [6.45, 7) is 6.07. The van der Waals surface area contributed by atoms with Gasteiger partial charge in [0.25, 0.3) is 0 Å². The molecule has 3 aromatic carbocycles. The number of carbonyl (C=O) groups excluding carboxylic acids is 1. The van der Waals surface area contributed by atoms with Crippen LogP contribution >= 0.6 is 0 Å². The molecule has 0 aliphatic heterocycles. The van der Waals surface area contributed by atoms with Gasteiger partial charge in [-0.15, -0.1) is 0 Å². The number of esters is 1. The fourth-order valence-electron chi connectivity index (χ4n) is 3.09. The molecule has 32 heavy (non-hydrogen) atoms. The van der Waals surface area contributed by atoms with E-state index < -0.39 is 11.4 Å². The van der Waals surface area contributed by atoms with Crippen molar-refractivity contribution in [2.75, 3.05) is 0 Å². The molecule has 1 N–H and O–H groups in total. The maximum Gasteiger partial charge on any atom is 0.324 e. The van der Waals surface area contributed by atoms with Crippen LogP contribution in [-0.2, 0) is 22.7 Å². The Morgan fingerprint density at radius 1 is 1.03 bits per heavy atom. The molecule has 0 aliphatic rings. The van der Waals surface area contributed by atoms with Crippen molar-refractivity contribution in [1.82, 2.24) is 5.32 Å². The van der Waals surface area contributed by atoms with Gasteiger partial charge in [-0.25, -0.2) is 4.39 Å². The van der Waals surface area contributed by atoms with Crippen molar-refractivity contribution < 1.29 is 13.9 Å². The van der Waals surface area contributed by atoms with Gasteiger partial charge in [-0.3, -0.25) is 4.79 Å². The van der Waals surface area contributed by atoms with E-state index in [2.05, 4.69) is 17.2 Å². The summed E-state index contributed by atoms with van der Waals surface area (Å²) in [5.74, 6) is 5.31. The molecule has 0 saturated heterocycles. The van der Waals surface area contributed by atoms with Crippen LogP contribution in [0, 0.1) is 23.1 Å². The van der Waals surface area contributed by atoms with Gasteiger partial charge in [-0.2, -0.15) is 0 Å². The summed E-state index contributed by atoms with van der Waals surface area (Å²) in [4.78, 5) is 12.5. The molecular weight excluding hydrogens is 401 g/mol. The second-order valence-electron chi connectivity index (χ2n) is 8.26. The van der Waals surface area contributed by atoms with E-state index in [4.69, 9.17) is 4.74 Å². The lowest BCUT2D eigenvalue weighted by molar-refractivity contribution is -0.152. The summed E-state index contributed by atoms with van der Waals surface area (Å²) in [6, 6.07) is 24.4. The van der Waals surface area contributed by atoms with E-state index in [0.717, 1.165) is 11.1 Å². The van der Waals surface area contributed by atoms with Crippen molar-refractivity contribution in [3.8, 4) is 11.8 Å². The molecule has 4 heteroatoms. The molecule has 0 radical (unpaired) electrons. The van der Waals surface area contributed by atoms with E-state index in [9.17, 15) is 9.18 Å². The van der Waals surface area contributed by atoms with Crippen LogP contribution in [0.1, 0.15) is 49.1 Å². The van der Waals surface area contributed by atoms with Gasteiger partial charge in [0.05, 0.1) is 0 Å². The number of ether oxygens (including phenoxy) is 1. The SMILES string of the molecule is C[C@@H](NCc1cc(C#CC(C)(C)C(=O)OCc2ccccc2)ccc1F)c1ccccc1. The highest BCUT2D eigenvalue weighted by molar-refractivity contribution is 5.79. The standard InChI is InChI=1S/C28H28FNO2/c1-21(24-12-8-5-9-13-24)30-19-25-18-22(14-15-26(25)29)16-17-28(2,3)27(31)32-20-23-10-6-4-7-11-23/h4-15,18,21,30H,19-20H2,1-3H3/t21-/m1/s1. The Morgan fingerprint density at radius 3 is 2.38 bits per heavy atom. The number of halogens is 1. The largest absolute Gasteiger partial charge is 0.460 e.